The number of carbonyl (C=O) groups is 5. The predicted octanol–water partition coefficient (Wildman–Crippen LogP) is -0.849. The van der Waals surface area contributed by atoms with Crippen LogP contribution in [0.2, 0.25) is 0 Å². The van der Waals surface area contributed by atoms with Gasteiger partial charge in [0.1, 0.15) is 18.1 Å². The Morgan fingerprint density at radius 1 is 0.929 bits per heavy atom. The lowest BCUT2D eigenvalue weighted by molar-refractivity contribution is -0.143. The Balaban J connectivity index is 2.13. The van der Waals surface area contributed by atoms with Gasteiger partial charge in [-0.05, 0) is 36.8 Å². The molecule has 0 radical (unpaired) electrons. The van der Waals surface area contributed by atoms with Crippen molar-refractivity contribution in [2.75, 3.05) is 6.54 Å². The number of aromatic nitrogens is 1. The van der Waals surface area contributed by atoms with Crippen LogP contribution in [0.3, 0.4) is 0 Å². The van der Waals surface area contributed by atoms with E-state index in [-0.39, 0.29) is 31.8 Å². The van der Waals surface area contributed by atoms with E-state index in [0.717, 1.165) is 10.9 Å². The number of H-pyrrole nitrogens is 1. The normalized spacial score (nSPS) is 13.9. The molecule has 0 aliphatic rings. The summed E-state index contributed by atoms with van der Waals surface area (Å²) >= 11 is 0. The molecule has 0 fully saturated rings. The fourth-order valence-electron chi connectivity index (χ4n) is 4.24. The van der Waals surface area contributed by atoms with Crippen molar-refractivity contribution in [1.82, 2.24) is 20.9 Å². The van der Waals surface area contributed by atoms with Crippen molar-refractivity contribution < 1.29 is 34.2 Å². The summed E-state index contributed by atoms with van der Waals surface area (Å²) in [5.74, 6) is -5.26. The van der Waals surface area contributed by atoms with Gasteiger partial charge in [0.05, 0.1) is 6.04 Å². The predicted molar refractivity (Wildman–Crippen MR) is 155 cm³/mol. The smallest absolute Gasteiger partial charge is 0.326 e. The van der Waals surface area contributed by atoms with Crippen molar-refractivity contribution >= 4 is 46.5 Å². The second-order valence-electron chi connectivity index (χ2n) is 10.2. The van der Waals surface area contributed by atoms with Crippen LogP contribution in [0.4, 0.5) is 0 Å². The monoisotopic (exact) mass is 588 g/mol. The molecule has 0 aliphatic heterocycles. The van der Waals surface area contributed by atoms with E-state index in [9.17, 15) is 34.2 Å². The Bertz CT molecular complexity index is 1290. The summed E-state index contributed by atoms with van der Waals surface area (Å²) in [6.45, 7) is 3.61. The Morgan fingerprint density at radius 3 is 2.21 bits per heavy atom. The highest BCUT2D eigenvalue weighted by atomic mass is 16.4. The minimum absolute atomic E-state index is 0.0591. The first-order valence-corrected chi connectivity index (χ1v) is 13.5. The number of benzene rings is 1. The second kappa shape index (κ2) is 16.0. The maximum atomic E-state index is 13.2. The zero-order valence-corrected chi connectivity index (χ0v) is 23.6. The van der Waals surface area contributed by atoms with Crippen LogP contribution >= 0.6 is 0 Å². The van der Waals surface area contributed by atoms with Gasteiger partial charge in [-0.2, -0.15) is 0 Å². The third kappa shape index (κ3) is 10.4. The molecule has 15 nitrogen and oxygen atoms in total. The van der Waals surface area contributed by atoms with Crippen LogP contribution < -0.4 is 33.2 Å². The molecule has 15 heteroatoms. The molecule has 1 heterocycles. The number of hydrogen-bond acceptors (Lipinski definition) is 7. The summed E-state index contributed by atoms with van der Waals surface area (Å²) in [5.41, 5.74) is 17.9. The molecule has 0 saturated heterocycles. The van der Waals surface area contributed by atoms with E-state index in [0.29, 0.717) is 12.0 Å². The van der Waals surface area contributed by atoms with Crippen molar-refractivity contribution in [3.8, 4) is 0 Å². The molecule has 12 N–H and O–H groups in total. The van der Waals surface area contributed by atoms with Crippen molar-refractivity contribution in [3.63, 3.8) is 0 Å². The number of hydrogen-bond donors (Lipinski definition) is 9. The number of nitrogens with zero attached hydrogens (tertiary/aromatic N) is 1. The van der Waals surface area contributed by atoms with Gasteiger partial charge in [0, 0.05) is 36.5 Å². The number of aromatic amines is 1. The molecular weight excluding hydrogens is 548 g/mol. The molecule has 4 unspecified atom stereocenters. The lowest BCUT2D eigenvalue weighted by atomic mass is 10.0. The third-order valence-electron chi connectivity index (χ3n) is 6.54. The molecule has 2 aromatic rings. The molecule has 4 atom stereocenters. The highest BCUT2D eigenvalue weighted by molar-refractivity contribution is 5.94. The average Bonchev–Trinajstić information content (AvgIpc) is 3.33. The SMILES string of the molecule is CC(C)C(NC(=O)C(N)CCCN=C(N)N)C(=O)NC(CCC(=O)O)C(=O)NC(Cc1c[nH]c2ccccc12)C(=O)O. The number of aliphatic imine (C=N–C) groups is 1. The summed E-state index contributed by atoms with van der Waals surface area (Å²) in [5, 5.41) is 27.2. The van der Waals surface area contributed by atoms with Crippen LogP contribution in [0.15, 0.2) is 35.5 Å². The van der Waals surface area contributed by atoms with Crippen LogP contribution in [-0.2, 0) is 30.4 Å². The minimum atomic E-state index is -1.38. The fraction of sp³-hybridized carbons (Fsp3) is 0.481. The van der Waals surface area contributed by atoms with E-state index in [1.54, 1.807) is 26.1 Å². The molecular formula is C27H40N8O7. The topological polar surface area (TPSA) is 268 Å². The lowest BCUT2D eigenvalue weighted by Crippen LogP contribution is -2.58. The Hall–Kier alpha value is -4.66. The second-order valence-corrected chi connectivity index (χ2v) is 10.2. The summed E-state index contributed by atoms with van der Waals surface area (Å²) in [6.07, 6.45) is 1.47. The van der Waals surface area contributed by atoms with Crippen molar-refractivity contribution in [3.05, 3.63) is 36.0 Å². The maximum absolute atomic E-state index is 13.2. The molecule has 1 aromatic carbocycles. The number of carboxylic acids is 2. The number of aliphatic carboxylic acids is 2. The van der Waals surface area contributed by atoms with Gasteiger partial charge in [0.15, 0.2) is 5.96 Å². The minimum Gasteiger partial charge on any atom is -0.481 e. The fourth-order valence-corrected chi connectivity index (χ4v) is 4.24. The van der Waals surface area contributed by atoms with E-state index in [1.165, 1.54) is 0 Å². The molecule has 0 spiro atoms. The molecule has 0 aliphatic carbocycles. The first-order valence-electron chi connectivity index (χ1n) is 13.5. The van der Waals surface area contributed by atoms with E-state index < -0.39 is 66.2 Å². The van der Waals surface area contributed by atoms with Crippen LogP contribution in [0, 0.1) is 5.92 Å². The number of rotatable bonds is 17. The number of nitrogens with one attached hydrogen (secondary N) is 4. The van der Waals surface area contributed by atoms with E-state index >= 15 is 0 Å². The third-order valence-corrected chi connectivity index (χ3v) is 6.54. The molecule has 42 heavy (non-hydrogen) atoms. The highest BCUT2D eigenvalue weighted by Crippen LogP contribution is 2.19. The molecule has 0 saturated carbocycles. The van der Waals surface area contributed by atoms with Crippen molar-refractivity contribution in [1.29, 1.82) is 0 Å². The van der Waals surface area contributed by atoms with E-state index in [1.807, 2.05) is 18.2 Å². The summed E-state index contributed by atoms with van der Waals surface area (Å²) in [4.78, 5) is 69.2. The number of para-hydroxylation sites is 1. The first-order chi connectivity index (χ1) is 19.8. The molecule has 2 rings (SSSR count). The number of fused-ring (bicyclic) bond motifs is 1. The Labute approximate surface area is 242 Å². The number of amides is 3. The van der Waals surface area contributed by atoms with Crippen LogP contribution in [0.25, 0.3) is 10.9 Å². The van der Waals surface area contributed by atoms with Gasteiger partial charge in [0.2, 0.25) is 17.7 Å². The zero-order chi connectivity index (χ0) is 31.4. The van der Waals surface area contributed by atoms with Gasteiger partial charge < -0.3 is 48.3 Å². The van der Waals surface area contributed by atoms with Gasteiger partial charge in [-0.15, -0.1) is 0 Å². The Kier molecular flexibility index (Phi) is 12.7. The van der Waals surface area contributed by atoms with Gasteiger partial charge in [-0.1, -0.05) is 32.0 Å². The van der Waals surface area contributed by atoms with Gasteiger partial charge in [-0.3, -0.25) is 24.2 Å². The largest absolute Gasteiger partial charge is 0.481 e. The van der Waals surface area contributed by atoms with Crippen molar-refractivity contribution in [2.24, 2.45) is 28.1 Å². The number of carboxylic acid groups (broad SMARTS) is 2. The molecule has 1 aromatic heterocycles. The summed E-state index contributed by atoms with van der Waals surface area (Å²) < 4.78 is 0. The van der Waals surface area contributed by atoms with Crippen LogP contribution in [0.1, 0.15) is 45.1 Å². The van der Waals surface area contributed by atoms with E-state index in [4.69, 9.17) is 17.2 Å². The molecule has 0 bridgehead atoms. The zero-order valence-electron chi connectivity index (χ0n) is 23.6. The van der Waals surface area contributed by atoms with Gasteiger partial charge >= 0.3 is 11.9 Å². The first kappa shape index (κ1) is 33.5. The van der Waals surface area contributed by atoms with Crippen molar-refractivity contribution in [2.45, 2.75) is 70.1 Å². The average molecular weight is 589 g/mol. The standard InChI is InChI=1S/C27H40N8O7/c1-14(2)22(35-23(38)17(28)7-5-11-31-27(29)30)25(40)33-19(9-10-21(36)37)24(39)34-20(26(41)42)12-15-13-32-18-8-4-3-6-16(15)18/h3-4,6,8,13-14,17,19-20,22,32H,5,7,9-12,28H2,1-2H3,(H,33,40)(H,34,39)(H,35,38)(H,36,37)(H,41,42)(H4,29,30,31). The van der Waals surface area contributed by atoms with Crippen LogP contribution in [0.5, 0.6) is 0 Å². The summed E-state index contributed by atoms with van der Waals surface area (Å²) in [7, 11) is 0. The summed E-state index contributed by atoms with van der Waals surface area (Å²) in [6, 6.07) is 2.45. The van der Waals surface area contributed by atoms with Gasteiger partial charge in [0.25, 0.3) is 0 Å². The Morgan fingerprint density at radius 2 is 1.60 bits per heavy atom. The molecule has 3 amide bonds. The quantitative estimate of drug-likeness (QED) is 0.0627. The maximum Gasteiger partial charge on any atom is 0.326 e. The lowest BCUT2D eigenvalue weighted by Gasteiger charge is -2.27. The number of carbonyl (C=O) groups excluding carboxylic acids is 3. The molecule has 230 valence electrons. The van der Waals surface area contributed by atoms with Gasteiger partial charge in [-0.25, -0.2) is 4.79 Å². The number of guanidine groups is 1. The number of nitrogens with two attached hydrogens (primary N) is 3. The van der Waals surface area contributed by atoms with E-state index in [2.05, 4.69) is 25.9 Å². The van der Waals surface area contributed by atoms with Crippen LogP contribution in [-0.4, -0.2) is 81.5 Å². The highest BCUT2D eigenvalue weighted by Gasteiger charge is 2.32.